The number of fused-ring (bicyclic) bond motifs is 3. The Morgan fingerprint density at radius 1 is 1.40 bits per heavy atom. The number of ether oxygens (including phenoxy) is 2. The first-order chi connectivity index (χ1) is 14.4. The second-order valence-electron chi connectivity index (χ2n) is 7.14. The average molecular weight is 414 g/mol. The van der Waals surface area contributed by atoms with Crippen molar-refractivity contribution in [2.45, 2.75) is 26.5 Å². The zero-order valence-electron chi connectivity index (χ0n) is 17.2. The molecule has 0 fully saturated rings. The number of aromatic nitrogens is 3. The van der Waals surface area contributed by atoms with Crippen LogP contribution in [0.15, 0.2) is 18.3 Å². The van der Waals surface area contributed by atoms with Crippen LogP contribution in [0.2, 0.25) is 0 Å². The van der Waals surface area contributed by atoms with Crippen LogP contribution in [-0.4, -0.2) is 47.3 Å². The van der Waals surface area contributed by atoms with Crippen molar-refractivity contribution in [1.29, 1.82) is 0 Å². The number of carbonyl (C=O) groups is 1. The van der Waals surface area contributed by atoms with E-state index >= 15 is 0 Å². The van der Waals surface area contributed by atoms with E-state index in [0.29, 0.717) is 39.7 Å². The molecule has 9 nitrogen and oxygen atoms in total. The van der Waals surface area contributed by atoms with Crippen molar-refractivity contribution in [2.24, 2.45) is 0 Å². The number of methoxy groups -OCH3 is 1. The van der Waals surface area contributed by atoms with Crippen LogP contribution in [0.4, 0.5) is 21.6 Å². The normalized spacial score (nSPS) is 16.7. The van der Waals surface area contributed by atoms with E-state index < -0.39 is 5.82 Å². The molecule has 1 aliphatic rings. The van der Waals surface area contributed by atoms with Crippen LogP contribution >= 0.6 is 0 Å². The lowest BCUT2D eigenvalue weighted by Crippen LogP contribution is -2.36. The summed E-state index contributed by atoms with van der Waals surface area (Å²) in [5.74, 6) is 0.0753. The minimum atomic E-state index is -0.391. The molecule has 2 aromatic heterocycles. The largest absolute Gasteiger partial charge is 0.494 e. The van der Waals surface area contributed by atoms with Gasteiger partial charge in [0.15, 0.2) is 17.2 Å². The molecule has 1 aromatic carbocycles. The fraction of sp³-hybridized carbons (Fsp3) is 0.350. The fourth-order valence-corrected chi connectivity index (χ4v) is 3.50. The lowest BCUT2D eigenvalue weighted by Gasteiger charge is -2.19. The van der Waals surface area contributed by atoms with Crippen LogP contribution in [0.1, 0.15) is 28.5 Å². The highest BCUT2D eigenvalue weighted by molar-refractivity contribution is 5.94. The molecule has 3 aromatic rings. The Morgan fingerprint density at radius 2 is 2.20 bits per heavy atom. The molecule has 4 rings (SSSR count). The van der Waals surface area contributed by atoms with Crippen molar-refractivity contribution < 1.29 is 18.7 Å². The molecule has 0 aliphatic carbocycles. The van der Waals surface area contributed by atoms with Crippen molar-refractivity contribution >= 4 is 28.7 Å². The minimum Gasteiger partial charge on any atom is -0.494 e. The van der Waals surface area contributed by atoms with Gasteiger partial charge in [0.25, 0.3) is 5.91 Å². The topological polar surface area (TPSA) is 102 Å². The molecule has 10 heteroatoms. The van der Waals surface area contributed by atoms with Gasteiger partial charge >= 0.3 is 0 Å². The second kappa shape index (κ2) is 7.79. The Balaban J connectivity index is 1.93. The SMILES string of the molecule is CNc1cc2nn3c(cnc13)C(=O)N[C@H](C)COCc1cc(c(OC)c(C)c1F)N2. The van der Waals surface area contributed by atoms with E-state index in [1.807, 2.05) is 6.92 Å². The highest BCUT2D eigenvalue weighted by Crippen LogP contribution is 2.35. The van der Waals surface area contributed by atoms with Crippen molar-refractivity contribution in [2.75, 3.05) is 31.4 Å². The van der Waals surface area contributed by atoms with Gasteiger partial charge in [0.05, 0.1) is 37.9 Å². The number of amides is 1. The summed E-state index contributed by atoms with van der Waals surface area (Å²) in [6.07, 6.45) is 1.47. The van der Waals surface area contributed by atoms with E-state index in [1.165, 1.54) is 17.8 Å². The van der Waals surface area contributed by atoms with Crippen molar-refractivity contribution in [1.82, 2.24) is 19.9 Å². The standard InChI is InChI=1S/C20H23FN6O3/c1-10-8-30-9-12-5-13(18(29-4)11(2)17(12)21)25-16-6-14(22-3)19-23-7-15(20(28)24-10)27(19)26-16/h5-7,10,22H,8-9H2,1-4H3,(H,24,28)(H,25,26)/t10-/m1/s1. The molecule has 1 aliphatic heterocycles. The van der Waals surface area contributed by atoms with E-state index in [1.54, 1.807) is 26.1 Å². The number of carbonyl (C=O) groups excluding carboxylic acids is 1. The van der Waals surface area contributed by atoms with Crippen molar-refractivity contribution in [3.05, 3.63) is 41.0 Å². The predicted molar refractivity (Wildman–Crippen MR) is 110 cm³/mol. The molecule has 30 heavy (non-hydrogen) atoms. The van der Waals surface area contributed by atoms with E-state index in [4.69, 9.17) is 9.47 Å². The summed E-state index contributed by atoms with van der Waals surface area (Å²) in [6.45, 7) is 3.74. The first-order valence-corrected chi connectivity index (χ1v) is 9.51. The van der Waals surface area contributed by atoms with Gasteiger partial charge in [0.2, 0.25) is 0 Å². The molecule has 3 N–H and O–H groups in total. The van der Waals surface area contributed by atoms with E-state index in [2.05, 4.69) is 26.0 Å². The van der Waals surface area contributed by atoms with E-state index in [-0.39, 0.29) is 30.9 Å². The molecule has 1 atom stereocenters. The van der Waals surface area contributed by atoms with Gasteiger partial charge in [-0.25, -0.2) is 13.9 Å². The summed E-state index contributed by atoms with van der Waals surface area (Å²) in [5, 5.41) is 13.6. The molecule has 0 unspecified atom stereocenters. The van der Waals surface area contributed by atoms with Crippen LogP contribution in [-0.2, 0) is 11.3 Å². The Morgan fingerprint density at radius 3 is 2.93 bits per heavy atom. The fourth-order valence-electron chi connectivity index (χ4n) is 3.50. The zero-order valence-corrected chi connectivity index (χ0v) is 17.2. The molecule has 0 saturated heterocycles. The number of halogens is 1. The number of benzene rings is 1. The smallest absolute Gasteiger partial charge is 0.271 e. The number of nitrogens with one attached hydrogen (secondary N) is 3. The summed E-state index contributed by atoms with van der Waals surface area (Å²) in [4.78, 5) is 17.1. The maximum atomic E-state index is 14.8. The number of hydrogen-bond acceptors (Lipinski definition) is 7. The van der Waals surface area contributed by atoms with Crippen LogP contribution in [0.25, 0.3) is 5.65 Å². The van der Waals surface area contributed by atoms with Gasteiger partial charge in [-0.1, -0.05) is 0 Å². The first kappa shape index (κ1) is 19.9. The molecular formula is C20H23FN6O3. The zero-order chi connectivity index (χ0) is 21.4. The van der Waals surface area contributed by atoms with Gasteiger partial charge in [0, 0.05) is 30.3 Å². The molecule has 0 saturated carbocycles. The maximum absolute atomic E-state index is 14.8. The summed E-state index contributed by atoms with van der Waals surface area (Å²) < 4.78 is 27.4. The van der Waals surface area contributed by atoms with Crippen LogP contribution in [0.5, 0.6) is 5.75 Å². The Kier molecular flexibility index (Phi) is 5.17. The van der Waals surface area contributed by atoms with Gasteiger partial charge in [-0.05, 0) is 19.9 Å². The molecule has 0 radical (unpaired) electrons. The number of hydrogen-bond donors (Lipinski definition) is 3. The molecular weight excluding hydrogens is 391 g/mol. The summed E-state index contributed by atoms with van der Waals surface area (Å²) in [5.41, 5.74) is 2.76. The third kappa shape index (κ3) is 3.39. The van der Waals surface area contributed by atoms with Gasteiger partial charge in [-0.2, -0.15) is 0 Å². The Labute approximate surface area is 172 Å². The lowest BCUT2D eigenvalue weighted by atomic mass is 10.1. The van der Waals surface area contributed by atoms with Gasteiger partial charge < -0.3 is 25.4 Å². The van der Waals surface area contributed by atoms with Crippen molar-refractivity contribution in [3.63, 3.8) is 0 Å². The Hall–Kier alpha value is -3.40. The van der Waals surface area contributed by atoms with Gasteiger partial charge in [0.1, 0.15) is 11.6 Å². The number of rotatable bonds is 2. The summed E-state index contributed by atoms with van der Waals surface area (Å²) in [7, 11) is 3.24. The van der Waals surface area contributed by atoms with Gasteiger partial charge in [-0.15, -0.1) is 5.10 Å². The third-order valence-corrected chi connectivity index (χ3v) is 4.95. The van der Waals surface area contributed by atoms with E-state index in [0.717, 1.165) is 0 Å². The van der Waals surface area contributed by atoms with Gasteiger partial charge in [-0.3, -0.25) is 4.79 Å². The summed E-state index contributed by atoms with van der Waals surface area (Å²) in [6, 6.07) is 3.11. The number of anilines is 3. The van der Waals surface area contributed by atoms with Crippen molar-refractivity contribution in [3.8, 4) is 5.75 Å². The highest BCUT2D eigenvalue weighted by Gasteiger charge is 2.21. The second-order valence-corrected chi connectivity index (χ2v) is 7.14. The Bertz CT molecular complexity index is 1130. The lowest BCUT2D eigenvalue weighted by molar-refractivity contribution is 0.0808. The predicted octanol–water partition coefficient (Wildman–Crippen LogP) is 2.62. The molecule has 4 bridgehead atoms. The molecule has 3 heterocycles. The number of imidazole rings is 1. The van der Waals surface area contributed by atoms with E-state index in [9.17, 15) is 9.18 Å². The quantitative estimate of drug-likeness (QED) is 0.592. The summed E-state index contributed by atoms with van der Waals surface area (Å²) >= 11 is 0. The highest BCUT2D eigenvalue weighted by atomic mass is 19.1. The van der Waals surface area contributed by atoms with Crippen LogP contribution in [0.3, 0.4) is 0 Å². The van der Waals surface area contributed by atoms with Crippen LogP contribution < -0.4 is 20.7 Å². The first-order valence-electron chi connectivity index (χ1n) is 9.51. The monoisotopic (exact) mass is 414 g/mol. The number of nitrogens with zero attached hydrogens (tertiary/aromatic N) is 3. The third-order valence-electron chi connectivity index (χ3n) is 4.95. The molecule has 158 valence electrons. The molecule has 0 spiro atoms. The maximum Gasteiger partial charge on any atom is 0.271 e. The molecule has 1 amide bonds. The van der Waals surface area contributed by atoms with Crippen LogP contribution in [0, 0.1) is 12.7 Å². The average Bonchev–Trinajstić information content (AvgIpc) is 3.14. The minimum absolute atomic E-state index is 0.0533.